The lowest BCUT2D eigenvalue weighted by Gasteiger charge is -2.17. The lowest BCUT2D eigenvalue weighted by molar-refractivity contribution is 0.885. The van der Waals surface area contributed by atoms with Crippen molar-refractivity contribution < 1.29 is 0 Å². The van der Waals surface area contributed by atoms with Gasteiger partial charge in [0.25, 0.3) is 0 Å². The van der Waals surface area contributed by atoms with E-state index >= 15 is 0 Å². The van der Waals surface area contributed by atoms with Crippen molar-refractivity contribution in [3.8, 4) is 11.1 Å². The van der Waals surface area contributed by atoms with E-state index < -0.39 is 0 Å². The van der Waals surface area contributed by atoms with Crippen LogP contribution >= 0.6 is 11.6 Å². The van der Waals surface area contributed by atoms with Crippen LogP contribution in [0, 0.1) is 0 Å². The first-order chi connectivity index (χ1) is 12.2. The number of hydrogen-bond donors (Lipinski definition) is 3. The van der Waals surface area contributed by atoms with Gasteiger partial charge in [-0.1, -0.05) is 54.1 Å². The molecule has 0 radical (unpaired) electrons. The second-order valence-corrected chi connectivity index (χ2v) is 6.58. The Hall–Kier alpha value is -2.72. The summed E-state index contributed by atoms with van der Waals surface area (Å²) < 4.78 is 0. The monoisotopic (exact) mass is 350 g/mol. The van der Waals surface area contributed by atoms with Crippen LogP contribution in [0.1, 0.15) is 18.5 Å². The predicted octanol–water partition coefficient (Wildman–Crippen LogP) is 5.55. The molecule has 2 heterocycles. The van der Waals surface area contributed by atoms with Gasteiger partial charge in [0.15, 0.2) is 5.82 Å². The number of alkyl halides is 1. The number of aromatic amines is 1. The van der Waals surface area contributed by atoms with Gasteiger partial charge in [0.1, 0.15) is 5.50 Å². The van der Waals surface area contributed by atoms with Crippen molar-refractivity contribution in [1.82, 2.24) is 4.98 Å². The number of benzene rings is 2. The molecule has 2 atom stereocenters. The van der Waals surface area contributed by atoms with Gasteiger partial charge in [-0.05, 0) is 30.2 Å². The minimum atomic E-state index is -0.290. The summed E-state index contributed by atoms with van der Waals surface area (Å²) in [7, 11) is 0. The number of rotatable bonds is 4. The first-order valence-corrected chi connectivity index (χ1v) is 8.72. The molecule has 1 aromatic heterocycles. The fraction of sp³-hybridized carbons (Fsp3) is 0.150. The molecule has 4 rings (SSSR count). The summed E-state index contributed by atoms with van der Waals surface area (Å²) in [6, 6.07) is 19.0. The number of halogens is 1. The molecule has 0 spiro atoms. The Balaban J connectivity index is 1.61. The second-order valence-electron chi connectivity index (χ2n) is 6.11. The topological polar surface area (TPSA) is 52.2 Å². The highest BCUT2D eigenvalue weighted by Crippen LogP contribution is 2.39. The average molecular weight is 351 g/mol. The number of aromatic nitrogens is 1. The fourth-order valence-electron chi connectivity index (χ4n) is 3.05. The van der Waals surface area contributed by atoms with Crippen molar-refractivity contribution in [3.05, 3.63) is 66.4 Å². The zero-order valence-electron chi connectivity index (χ0n) is 13.8. The highest BCUT2D eigenvalue weighted by Gasteiger charge is 2.18. The van der Waals surface area contributed by atoms with Crippen molar-refractivity contribution in [1.29, 1.82) is 0 Å². The third kappa shape index (κ3) is 3.26. The van der Waals surface area contributed by atoms with Crippen LogP contribution in [0.4, 0.5) is 17.2 Å². The van der Waals surface area contributed by atoms with Gasteiger partial charge in [-0.2, -0.15) is 0 Å². The first-order valence-electron chi connectivity index (χ1n) is 8.29. The van der Waals surface area contributed by atoms with Gasteiger partial charge < -0.3 is 15.6 Å². The molecule has 3 aromatic rings. The molecule has 1 aliphatic heterocycles. The van der Waals surface area contributed by atoms with Crippen LogP contribution in [-0.4, -0.2) is 16.7 Å². The lowest BCUT2D eigenvalue weighted by atomic mass is 10.0. The molecule has 0 aliphatic carbocycles. The molecule has 1 unspecified atom stereocenters. The predicted molar refractivity (Wildman–Crippen MR) is 106 cm³/mol. The standard InChI is InChI=1S/C20H19ClN4/c1-13(14-6-3-2-4-7-14)24-16-9-5-8-15(10-16)17-11-22-20-19(17)25-18(21)12-23-20/h2-13,18,22,24-25H,1H3/t13-,18?/m0/s1. The van der Waals surface area contributed by atoms with Crippen LogP contribution in [0.3, 0.4) is 0 Å². The Morgan fingerprint density at radius 2 is 1.96 bits per heavy atom. The molecule has 0 saturated carbocycles. The SMILES string of the molecule is C[C@H](Nc1cccc(-c2c[nH]c3c2NC(Cl)C=N3)c1)c1ccccc1. The van der Waals surface area contributed by atoms with Crippen molar-refractivity contribution in [2.75, 3.05) is 10.6 Å². The van der Waals surface area contributed by atoms with E-state index in [0.29, 0.717) is 0 Å². The highest BCUT2D eigenvalue weighted by atomic mass is 35.5. The van der Waals surface area contributed by atoms with Gasteiger partial charge >= 0.3 is 0 Å². The Bertz CT molecular complexity index is 901. The van der Waals surface area contributed by atoms with E-state index in [-0.39, 0.29) is 11.5 Å². The molecule has 126 valence electrons. The van der Waals surface area contributed by atoms with E-state index in [1.54, 1.807) is 6.21 Å². The number of fused-ring (bicyclic) bond motifs is 1. The third-order valence-electron chi connectivity index (χ3n) is 4.33. The van der Waals surface area contributed by atoms with Gasteiger partial charge in [-0.25, -0.2) is 4.99 Å². The first kappa shape index (κ1) is 15.8. The minimum Gasteiger partial charge on any atom is -0.379 e. The number of hydrogen-bond acceptors (Lipinski definition) is 3. The van der Waals surface area contributed by atoms with E-state index in [2.05, 4.69) is 76.1 Å². The molecule has 25 heavy (non-hydrogen) atoms. The van der Waals surface area contributed by atoms with Crippen molar-refractivity contribution in [3.63, 3.8) is 0 Å². The summed E-state index contributed by atoms with van der Waals surface area (Å²) in [6.45, 7) is 2.16. The van der Waals surface area contributed by atoms with E-state index in [1.165, 1.54) is 5.56 Å². The van der Waals surface area contributed by atoms with Crippen LogP contribution < -0.4 is 10.6 Å². The van der Waals surface area contributed by atoms with Gasteiger partial charge in [0.2, 0.25) is 0 Å². The summed E-state index contributed by atoms with van der Waals surface area (Å²) in [5.74, 6) is 0.808. The zero-order chi connectivity index (χ0) is 17.2. The van der Waals surface area contributed by atoms with Gasteiger partial charge in [-0.3, -0.25) is 0 Å². The fourth-order valence-corrected chi connectivity index (χ4v) is 3.22. The Morgan fingerprint density at radius 3 is 2.80 bits per heavy atom. The molecule has 1 aliphatic rings. The van der Waals surface area contributed by atoms with Crippen molar-refractivity contribution >= 4 is 35.0 Å². The number of nitrogens with zero attached hydrogens (tertiary/aromatic N) is 1. The Kier molecular flexibility index (Phi) is 4.20. The quantitative estimate of drug-likeness (QED) is 0.427. The number of nitrogens with one attached hydrogen (secondary N) is 3. The number of aliphatic imine (C=N–C) groups is 1. The van der Waals surface area contributed by atoms with Crippen LogP contribution in [0.25, 0.3) is 11.1 Å². The molecule has 0 saturated heterocycles. The van der Waals surface area contributed by atoms with Crippen molar-refractivity contribution in [2.24, 2.45) is 4.99 Å². The van der Waals surface area contributed by atoms with E-state index in [0.717, 1.165) is 28.3 Å². The molecule has 4 nitrogen and oxygen atoms in total. The molecule has 0 bridgehead atoms. The summed E-state index contributed by atoms with van der Waals surface area (Å²) >= 11 is 6.14. The summed E-state index contributed by atoms with van der Waals surface area (Å²) in [5.41, 5.74) is 5.15. The molecule has 5 heteroatoms. The van der Waals surface area contributed by atoms with Crippen LogP contribution in [0.2, 0.25) is 0 Å². The summed E-state index contributed by atoms with van der Waals surface area (Å²) in [6.07, 6.45) is 3.65. The number of anilines is 2. The molecule has 2 aromatic carbocycles. The molecule has 3 N–H and O–H groups in total. The summed E-state index contributed by atoms with van der Waals surface area (Å²) in [5, 5.41) is 6.82. The minimum absolute atomic E-state index is 0.228. The normalized spacial score (nSPS) is 16.8. The van der Waals surface area contributed by atoms with Gasteiger partial charge in [0.05, 0.1) is 5.69 Å². The maximum atomic E-state index is 6.14. The van der Waals surface area contributed by atoms with Crippen LogP contribution in [0.15, 0.2) is 65.8 Å². The lowest BCUT2D eigenvalue weighted by Crippen LogP contribution is -2.16. The van der Waals surface area contributed by atoms with E-state index in [9.17, 15) is 0 Å². The Morgan fingerprint density at radius 1 is 1.12 bits per heavy atom. The van der Waals surface area contributed by atoms with Crippen molar-refractivity contribution in [2.45, 2.75) is 18.5 Å². The van der Waals surface area contributed by atoms with Crippen LogP contribution in [-0.2, 0) is 0 Å². The highest BCUT2D eigenvalue weighted by molar-refractivity contribution is 6.30. The average Bonchev–Trinajstić information content (AvgIpc) is 3.05. The molecule has 0 fully saturated rings. The number of H-pyrrole nitrogens is 1. The molecular formula is C20H19ClN4. The maximum absolute atomic E-state index is 6.14. The molecular weight excluding hydrogens is 332 g/mol. The van der Waals surface area contributed by atoms with Gasteiger partial charge in [0, 0.05) is 29.7 Å². The smallest absolute Gasteiger partial charge is 0.153 e. The van der Waals surface area contributed by atoms with E-state index in [1.807, 2.05) is 12.3 Å². The van der Waals surface area contributed by atoms with Gasteiger partial charge in [-0.15, -0.1) is 0 Å². The summed E-state index contributed by atoms with van der Waals surface area (Å²) in [4.78, 5) is 7.53. The Labute approximate surface area is 152 Å². The third-order valence-corrected chi connectivity index (χ3v) is 4.55. The second kappa shape index (κ2) is 6.65. The molecule has 0 amide bonds. The largest absolute Gasteiger partial charge is 0.379 e. The van der Waals surface area contributed by atoms with E-state index in [4.69, 9.17) is 11.6 Å². The zero-order valence-corrected chi connectivity index (χ0v) is 14.6. The van der Waals surface area contributed by atoms with Crippen LogP contribution in [0.5, 0.6) is 0 Å². The maximum Gasteiger partial charge on any atom is 0.153 e.